The SMILES string of the molecule is COC(=O)[C@H]1CC12CCN(C(=O)/C=C/c1ccccc1Cl)CC2. The van der Waals surface area contributed by atoms with Crippen LogP contribution in [0.15, 0.2) is 30.3 Å². The van der Waals surface area contributed by atoms with Gasteiger partial charge in [-0.2, -0.15) is 0 Å². The lowest BCUT2D eigenvalue weighted by Gasteiger charge is -2.32. The van der Waals surface area contributed by atoms with Gasteiger partial charge in [0.05, 0.1) is 13.0 Å². The van der Waals surface area contributed by atoms with Crippen molar-refractivity contribution in [2.75, 3.05) is 20.2 Å². The third kappa shape index (κ3) is 3.27. The molecule has 1 aliphatic carbocycles. The summed E-state index contributed by atoms with van der Waals surface area (Å²) in [4.78, 5) is 25.8. The van der Waals surface area contributed by atoms with Gasteiger partial charge in [0, 0.05) is 24.2 Å². The molecule has 122 valence electrons. The monoisotopic (exact) mass is 333 g/mol. The first-order valence-corrected chi connectivity index (χ1v) is 8.23. The Morgan fingerprint density at radius 2 is 2.00 bits per heavy atom. The number of benzene rings is 1. The van der Waals surface area contributed by atoms with E-state index in [1.807, 2.05) is 23.1 Å². The number of methoxy groups -OCH3 is 1. The zero-order valence-electron chi connectivity index (χ0n) is 13.1. The Morgan fingerprint density at radius 3 is 2.65 bits per heavy atom. The summed E-state index contributed by atoms with van der Waals surface area (Å²) < 4.78 is 4.83. The molecule has 1 aliphatic heterocycles. The molecule has 1 spiro atoms. The van der Waals surface area contributed by atoms with Gasteiger partial charge in [-0.3, -0.25) is 9.59 Å². The summed E-state index contributed by atoms with van der Waals surface area (Å²) in [7, 11) is 1.44. The number of rotatable bonds is 3. The van der Waals surface area contributed by atoms with E-state index in [-0.39, 0.29) is 23.2 Å². The molecule has 1 saturated carbocycles. The Kier molecular flexibility index (Phi) is 4.44. The lowest BCUT2D eigenvalue weighted by molar-refractivity contribution is -0.143. The highest BCUT2D eigenvalue weighted by atomic mass is 35.5. The maximum absolute atomic E-state index is 12.3. The van der Waals surface area contributed by atoms with Crippen molar-refractivity contribution in [2.45, 2.75) is 19.3 Å². The van der Waals surface area contributed by atoms with Crippen molar-refractivity contribution in [3.63, 3.8) is 0 Å². The van der Waals surface area contributed by atoms with E-state index in [1.165, 1.54) is 7.11 Å². The van der Waals surface area contributed by atoms with Crippen molar-refractivity contribution in [3.8, 4) is 0 Å². The number of amides is 1. The predicted octanol–water partition coefficient (Wildman–Crippen LogP) is 3.15. The fourth-order valence-corrected chi connectivity index (χ4v) is 3.62. The van der Waals surface area contributed by atoms with Crippen molar-refractivity contribution in [1.29, 1.82) is 0 Å². The third-order valence-corrected chi connectivity index (χ3v) is 5.40. The van der Waals surface area contributed by atoms with Gasteiger partial charge in [-0.25, -0.2) is 0 Å². The van der Waals surface area contributed by atoms with Crippen LogP contribution in [-0.2, 0) is 14.3 Å². The van der Waals surface area contributed by atoms with Crippen molar-refractivity contribution >= 4 is 29.6 Å². The normalized spacial score (nSPS) is 22.3. The van der Waals surface area contributed by atoms with E-state index in [0.29, 0.717) is 18.1 Å². The number of nitrogens with zero attached hydrogens (tertiary/aromatic N) is 1. The molecule has 1 aromatic carbocycles. The first-order chi connectivity index (χ1) is 11.1. The molecule has 1 saturated heterocycles. The van der Waals surface area contributed by atoms with Gasteiger partial charge in [-0.1, -0.05) is 29.8 Å². The highest BCUT2D eigenvalue weighted by molar-refractivity contribution is 6.32. The Hall–Kier alpha value is -1.81. The molecule has 1 heterocycles. The minimum absolute atomic E-state index is 0.00459. The maximum Gasteiger partial charge on any atom is 0.309 e. The van der Waals surface area contributed by atoms with Gasteiger partial charge >= 0.3 is 5.97 Å². The van der Waals surface area contributed by atoms with Crippen LogP contribution in [-0.4, -0.2) is 37.0 Å². The Labute approximate surface area is 141 Å². The van der Waals surface area contributed by atoms with E-state index in [0.717, 1.165) is 24.8 Å². The second kappa shape index (κ2) is 6.36. The van der Waals surface area contributed by atoms with Crippen LogP contribution in [0.3, 0.4) is 0 Å². The van der Waals surface area contributed by atoms with Crippen molar-refractivity contribution < 1.29 is 14.3 Å². The average molecular weight is 334 g/mol. The van der Waals surface area contributed by atoms with Gasteiger partial charge in [0.15, 0.2) is 0 Å². The van der Waals surface area contributed by atoms with E-state index in [2.05, 4.69) is 0 Å². The molecule has 0 aromatic heterocycles. The molecule has 1 aromatic rings. The van der Waals surface area contributed by atoms with E-state index < -0.39 is 0 Å². The number of halogens is 1. The van der Waals surface area contributed by atoms with E-state index >= 15 is 0 Å². The molecule has 4 nitrogen and oxygen atoms in total. The Bertz CT molecular complexity index is 647. The van der Waals surface area contributed by atoms with Crippen LogP contribution in [0, 0.1) is 11.3 Å². The number of hydrogen-bond acceptors (Lipinski definition) is 3. The number of piperidine rings is 1. The molecule has 0 bridgehead atoms. The van der Waals surface area contributed by atoms with Crippen LogP contribution in [0.25, 0.3) is 6.08 Å². The molecule has 1 amide bonds. The van der Waals surface area contributed by atoms with Crippen LogP contribution in [0.2, 0.25) is 5.02 Å². The minimum Gasteiger partial charge on any atom is -0.469 e. The number of ether oxygens (including phenoxy) is 1. The molecule has 5 heteroatoms. The topological polar surface area (TPSA) is 46.6 Å². The largest absolute Gasteiger partial charge is 0.469 e. The molecular weight excluding hydrogens is 314 g/mol. The van der Waals surface area contributed by atoms with Crippen LogP contribution >= 0.6 is 11.6 Å². The highest BCUT2D eigenvalue weighted by Crippen LogP contribution is 2.59. The summed E-state index contributed by atoms with van der Waals surface area (Å²) >= 11 is 6.08. The van der Waals surface area contributed by atoms with Gasteiger partial charge in [0.25, 0.3) is 0 Å². The van der Waals surface area contributed by atoms with Gasteiger partial charge in [-0.15, -0.1) is 0 Å². The van der Waals surface area contributed by atoms with Crippen LogP contribution < -0.4 is 0 Å². The van der Waals surface area contributed by atoms with Crippen LogP contribution in [0.5, 0.6) is 0 Å². The van der Waals surface area contributed by atoms with E-state index in [4.69, 9.17) is 16.3 Å². The summed E-state index contributed by atoms with van der Waals surface area (Å²) in [5.74, 6) is -0.0816. The maximum atomic E-state index is 12.3. The summed E-state index contributed by atoms with van der Waals surface area (Å²) in [6.45, 7) is 1.39. The number of likely N-dealkylation sites (tertiary alicyclic amines) is 1. The molecule has 2 fully saturated rings. The fraction of sp³-hybridized carbons (Fsp3) is 0.444. The van der Waals surface area contributed by atoms with Crippen LogP contribution in [0.1, 0.15) is 24.8 Å². The molecule has 1 atom stereocenters. The molecule has 0 radical (unpaired) electrons. The van der Waals surface area contributed by atoms with Gasteiger partial charge in [0.2, 0.25) is 5.91 Å². The fourth-order valence-electron chi connectivity index (χ4n) is 3.42. The smallest absolute Gasteiger partial charge is 0.309 e. The Morgan fingerprint density at radius 1 is 1.30 bits per heavy atom. The summed E-state index contributed by atoms with van der Waals surface area (Å²) in [6, 6.07) is 7.43. The average Bonchev–Trinajstić information content (AvgIpc) is 3.27. The number of carbonyl (C=O) groups excluding carboxylic acids is 2. The van der Waals surface area contributed by atoms with Crippen molar-refractivity contribution in [3.05, 3.63) is 40.9 Å². The van der Waals surface area contributed by atoms with E-state index in [1.54, 1.807) is 18.2 Å². The molecule has 23 heavy (non-hydrogen) atoms. The first kappa shape index (κ1) is 16.1. The number of carbonyl (C=O) groups is 2. The van der Waals surface area contributed by atoms with Crippen LogP contribution in [0.4, 0.5) is 0 Å². The predicted molar refractivity (Wildman–Crippen MR) is 88.9 cm³/mol. The molecule has 0 unspecified atom stereocenters. The second-order valence-corrected chi connectivity index (χ2v) is 6.73. The lowest BCUT2D eigenvalue weighted by atomic mass is 9.91. The molecule has 3 rings (SSSR count). The summed E-state index contributed by atoms with van der Waals surface area (Å²) in [5.41, 5.74) is 0.917. The number of hydrogen-bond donors (Lipinski definition) is 0. The number of esters is 1. The van der Waals surface area contributed by atoms with Gasteiger partial charge in [0.1, 0.15) is 0 Å². The Balaban J connectivity index is 1.55. The molecule has 0 N–H and O–H groups in total. The minimum atomic E-state index is -0.108. The van der Waals surface area contributed by atoms with Gasteiger partial charge < -0.3 is 9.64 Å². The molecular formula is C18H20ClNO3. The standard InChI is InChI=1S/C18H20ClNO3/c1-23-17(22)14-12-18(14)8-10-20(11-9-18)16(21)7-6-13-4-2-3-5-15(13)19/h2-7,14H,8-12H2,1H3/b7-6+/t14-/m1/s1. The lowest BCUT2D eigenvalue weighted by Crippen LogP contribution is -2.39. The quantitative estimate of drug-likeness (QED) is 0.630. The third-order valence-electron chi connectivity index (χ3n) is 5.06. The first-order valence-electron chi connectivity index (χ1n) is 7.85. The van der Waals surface area contributed by atoms with Gasteiger partial charge in [-0.05, 0) is 42.4 Å². The summed E-state index contributed by atoms with van der Waals surface area (Å²) in [6.07, 6.45) is 5.97. The molecule has 2 aliphatic rings. The zero-order chi connectivity index (χ0) is 16.4. The van der Waals surface area contributed by atoms with Crippen molar-refractivity contribution in [2.24, 2.45) is 11.3 Å². The van der Waals surface area contributed by atoms with E-state index in [9.17, 15) is 9.59 Å². The zero-order valence-corrected chi connectivity index (χ0v) is 13.9. The highest BCUT2D eigenvalue weighted by Gasteiger charge is 2.59. The second-order valence-electron chi connectivity index (χ2n) is 6.32. The van der Waals surface area contributed by atoms with Crippen molar-refractivity contribution in [1.82, 2.24) is 4.90 Å². The summed E-state index contributed by atoms with van der Waals surface area (Å²) in [5, 5.41) is 0.632.